The normalized spacial score (nSPS) is 11.6. The molecule has 2 aromatic carbocycles. The highest BCUT2D eigenvalue weighted by Crippen LogP contribution is 2.31. The Morgan fingerprint density at radius 1 is 0.974 bits per heavy atom. The summed E-state index contributed by atoms with van der Waals surface area (Å²) in [7, 11) is -4.23. The molecule has 0 aliphatic rings. The molecule has 0 spiro atoms. The van der Waals surface area contributed by atoms with Gasteiger partial charge in [0.1, 0.15) is 12.1 Å². The summed E-state index contributed by atoms with van der Waals surface area (Å²) in [6, 6.07) is 14.6. The van der Waals surface area contributed by atoms with Gasteiger partial charge in [-0.05, 0) is 82.3 Å². The lowest BCUT2D eigenvalue weighted by Crippen LogP contribution is -2.39. The Balaban J connectivity index is 0.00000195. The van der Waals surface area contributed by atoms with Gasteiger partial charge in [0.05, 0.1) is 21.8 Å². The molecule has 0 unspecified atom stereocenters. The quantitative estimate of drug-likeness (QED) is 0.240. The van der Waals surface area contributed by atoms with Crippen LogP contribution in [0.4, 0.5) is 5.69 Å². The molecule has 0 amide bonds. The molecule has 0 bridgehead atoms. The molecule has 0 saturated heterocycles. The van der Waals surface area contributed by atoms with Crippen molar-refractivity contribution in [1.82, 2.24) is 14.8 Å². The van der Waals surface area contributed by atoms with E-state index in [9.17, 15) is 13.2 Å². The third-order valence-electron chi connectivity index (χ3n) is 5.11. The fourth-order valence-electron chi connectivity index (χ4n) is 3.62. The van der Waals surface area contributed by atoms with Crippen LogP contribution in [0.25, 0.3) is 16.7 Å². The maximum absolute atomic E-state index is 13.7. The van der Waals surface area contributed by atoms with E-state index < -0.39 is 28.1 Å². The highest BCUT2D eigenvalue weighted by Gasteiger charge is 2.30. The summed E-state index contributed by atoms with van der Waals surface area (Å²) >= 11 is 12.2. The molecule has 4 rings (SSSR count). The number of nitrogens with zero attached hydrogens (tertiary/aromatic N) is 4. The van der Waals surface area contributed by atoms with Crippen molar-refractivity contribution < 1.29 is 17.9 Å². The summed E-state index contributed by atoms with van der Waals surface area (Å²) in [5.41, 5.74) is 1.07. The van der Waals surface area contributed by atoms with Gasteiger partial charge < -0.3 is 4.74 Å². The van der Waals surface area contributed by atoms with Crippen LogP contribution in [-0.2, 0) is 19.6 Å². The van der Waals surface area contributed by atoms with E-state index in [1.165, 1.54) is 18.2 Å². The number of anilines is 1. The summed E-state index contributed by atoms with van der Waals surface area (Å²) in [6.45, 7) is 10.4. The topological polar surface area (TPSA) is 94.4 Å². The van der Waals surface area contributed by atoms with E-state index in [-0.39, 0.29) is 20.6 Å². The van der Waals surface area contributed by atoms with Crippen LogP contribution in [0.2, 0.25) is 10.0 Å². The largest absolute Gasteiger partial charge is 0.459 e. The summed E-state index contributed by atoms with van der Waals surface area (Å²) in [5.74, 6) is -0.0815. The second-order valence-electron chi connectivity index (χ2n) is 9.17. The van der Waals surface area contributed by atoms with Gasteiger partial charge in [-0.3, -0.25) is 13.7 Å². The molecule has 0 N–H and O–H groups in total. The molecular formula is C27H30Cl2N4O4S. The smallest absolute Gasteiger partial charge is 0.327 e. The number of hydrogen-bond donors (Lipinski definition) is 0. The second-order valence-corrected chi connectivity index (χ2v) is 11.9. The molecule has 0 saturated carbocycles. The fourth-order valence-corrected chi connectivity index (χ4v) is 5.74. The van der Waals surface area contributed by atoms with Crippen LogP contribution in [0.3, 0.4) is 0 Å². The zero-order valence-electron chi connectivity index (χ0n) is 22.1. The van der Waals surface area contributed by atoms with E-state index in [0.717, 1.165) is 20.9 Å². The number of aryl methyl sites for hydroxylation is 1. The minimum atomic E-state index is -4.23. The lowest BCUT2D eigenvalue weighted by molar-refractivity contribution is -0.152. The first-order valence-electron chi connectivity index (χ1n) is 12.0. The van der Waals surface area contributed by atoms with Gasteiger partial charge >= 0.3 is 5.97 Å². The average molecular weight is 578 g/mol. The first kappa shape index (κ1) is 29.4. The van der Waals surface area contributed by atoms with E-state index >= 15 is 0 Å². The van der Waals surface area contributed by atoms with Gasteiger partial charge in [-0.15, -0.1) is 5.10 Å². The zero-order valence-corrected chi connectivity index (χ0v) is 24.4. The molecule has 202 valence electrons. The molecule has 11 heteroatoms. The predicted octanol–water partition coefficient (Wildman–Crippen LogP) is 6.60. The number of ether oxygens (including phenoxy) is 1. The van der Waals surface area contributed by atoms with Crippen molar-refractivity contribution in [2.24, 2.45) is 0 Å². The van der Waals surface area contributed by atoms with Gasteiger partial charge in [-0.1, -0.05) is 37.0 Å². The number of carbonyl (C=O) groups excluding carboxylic acids is 1. The highest BCUT2D eigenvalue weighted by molar-refractivity contribution is 7.92. The first-order chi connectivity index (χ1) is 17.8. The van der Waals surface area contributed by atoms with E-state index in [1.807, 2.05) is 49.7 Å². The number of halogens is 2. The van der Waals surface area contributed by atoms with Gasteiger partial charge in [-0.25, -0.2) is 8.42 Å². The molecule has 0 fully saturated rings. The standard InChI is InChI=1S/C25H24Cl2N4O4S.C2H6/c1-16-5-8-23(29-28-16)30-10-9-17-11-20(6-7-22(17)30)31(15-24(32)35-25(2,3)4)36(33,34)21-13-18(26)12-19(27)14-21;1-2/h5-14H,15H2,1-4H3;1-2H3. The van der Waals surface area contributed by atoms with Crippen molar-refractivity contribution in [1.29, 1.82) is 0 Å². The molecule has 38 heavy (non-hydrogen) atoms. The average Bonchev–Trinajstić information content (AvgIpc) is 3.26. The number of rotatable bonds is 6. The first-order valence-corrected chi connectivity index (χ1v) is 14.2. The number of esters is 1. The number of carbonyl (C=O) groups is 1. The van der Waals surface area contributed by atoms with E-state index in [2.05, 4.69) is 10.2 Å². The Hall–Kier alpha value is -3.14. The molecule has 0 radical (unpaired) electrons. The Bertz CT molecular complexity index is 1530. The number of aromatic nitrogens is 3. The Morgan fingerprint density at radius 3 is 2.21 bits per heavy atom. The van der Waals surface area contributed by atoms with Gasteiger partial charge in [0.25, 0.3) is 10.0 Å². The van der Waals surface area contributed by atoms with Crippen LogP contribution >= 0.6 is 23.2 Å². The summed E-state index contributed by atoms with van der Waals surface area (Å²) in [5, 5.41) is 9.37. The van der Waals surface area contributed by atoms with Crippen LogP contribution in [0.1, 0.15) is 40.3 Å². The summed E-state index contributed by atoms with van der Waals surface area (Å²) in [6.07, 6.45) is 1.82. The van der Waals surface area contributed by atoms with Crippen molar-refractivity contribution in [3.63, 3.8) is 0 Å². The lowest BCUT2D eigenvalue weighted by atomic mass is 10.2. The van der Waals surface area contributed by atoms with E-state index in [1.54, 1.807) is 39.0 Å². The molecule has 8 nitrogen and oxygen atoms in total. The lowest BCUT2D eigenvalue weighted by Gasteiger charge is -2.26. The Kier molecular flexibility index (Phi) is 9.07. The Labute approximate surface area is 233 Å². The molecule has 4 aromatic rings. The van der Waals surface area contributed by atoms with Crippen molar-refractivity contribution in [2.75, 3.05) is 10.8 Å². The maximum atomic E-state index is 13.7. The van der Waals surface area contributed by atoms with Crippen molar-refractivity contribution >= 4 is 55.8 Å². The molecule has 0 aliphatic heterocycles. The Morgan fingerprint density at radius 2 is 1.63 bits per heavy atom. The molecule has 2 heterocycles. The SMILES string of the molecule is CC.Cc1ccc(-n2ccc3cc(N(CC(=O)OC(C)(C)C)S(=O)(=O)c4cc(Cl)cc(Cl)c4)ccc32)nn1. The molecule has 0 atom stereocenters. The molecular weight excluding hydrogens is 547 g/mol. The minimum Gasteiger partial charge on any atom is -0.459 e. The van der Waals surface area contributed by atoms with Gasteiger partial charge in [-0.2, -0.15) is 5.10 Å². The monoisotopic (exact) mass is 576 g/mol. The van der Waals surface area contributed by atoms with Gasteiger partial charge in [0.2, 0.25) is 0 Å². The van der Waals surface area contributed by atoms with Gasteiger partial charge in [0, 0.05) is 21.6 Å². The van der Waals surface area contributed by atoms with Crippen LogP contribution in [-0.4, -0.2) is 41.3 Å². The van der Waals surface area contributed by atoms with Crippen LogP contribution in [0.5, 0.6) is 0 Å². The molecule has 0 aliphatic carbocycles. The van der Waals surface area contributed by atoms with Crippen LogP contribution < -0.4 is 4.31 Å². The molecule has 2 aromatic heterocycles. The summed E-state index contributed by atoms with van der Waals surface area (Å²) in [4.78, 5) is 12.6. The predicted molar refractivity (Wildman–Crippen MR) is 152 cm³/mol. The third-order valence-corrected chi connectivity index (χ3v) is 7.30. The van der Waals surface area contributed by atoms with E-state index in [0.29, 0.717) is 5.82 Å². The van der Waals surface area contributed by atoms with E-state index in [4.69, 9.17) is 27.9 Å². The summed E-state index contributed by atoms with van der Waals surface area (Å²) < 4.78 is 35.7. The van der Waals surface area contributed by atoms with Crippen LogP contribution in [0, 0.1) is 6.92 Å². The van der Waals surface area contributed by atoms with Crippen molar-refractivity contribution in [3.8, 4) is 5.82 Å². The van der Waals surface area contributed by atoms with Gasteiger partial charge in [0.15, 0.2) is 5.82 Å². The number of hydrogen-bond acceptors (Lipinski definition) is 6. The number of fused-ring (bicyclic) bond motifs is 1. The highest BCUT2D eigenvalue weighted by atomic mass is 35.5. The van der Waals surface area contributed by atoms with Crippen LogP contribution in [0.15, 0.2) is 65.7 Å². The number of benzene rings is 2. The van der Waals surface area contributed by atoms with Crippen molar-refractivity contribution in [2.45, 2.75) is 52.0 Å². The number of sulfonamides is 1. The second kappa shape index (κ2) is 11.7. The zero-order chi connectivity index (χ0) is 28.3. The van der Waals surface area contributed by atoms with Crippen molar-refractivity contribution in [3.05, 3.63) is 76.5 Å². The third kappa shape index (κ3) is 6.83. The maximum Gasteiger partial charge on any atom is 0.327 e. The fraction of sp³-hybridized carbons (Fsp3) is 0.296. The minimum absolute atomic E-state index is 0.142.